The van der Waals surface area contributed by atoms with Gasteiger partial charge in [0.05, 0.1) is 0 Å². The van der Waals surface area contributed by atoms with Crippen molar-refractivity contribution in [2.75, 3.05) is 0 Å². The molecule has 5 nitrogen and oxygen atoms in total. The maximum Gasteiger partial charge on any atom is 0.308 e. The van der Waals surface area contributed by atoms with Crippen molar-refractivity contribution in [1.29, 1.82) is 0 Å². The van der Waals surface area contributed by atoms with Crippen LogP contribution in [0.4, 0.5) is 0 Å². The number of rotatable bonds is 3. The Morgan fingerprint density at radius 2 is 1.47 bits per heavy atom. The van der Waals surface area contributed by atoms with Gasteiger partial charge in [0.15, 0.2) is 11.5 Å². The van der Waals surface area contributed by atoms with Crippen LogP contribution in [0.5, 0.6) is 17.2 Å². The van der Waals surface area contributed by atoms with E-state index >= 15 is 0 Å². The van der Waals surface area contributed by atoms with E-state index in [4.69, 9.17) is 14.2 Å². The Kier molecular flexibility index (Phi) is 4.53. The zero-order valence-corrected chi connectivity index (χ0v) is 11.8. The third kappa shape index (κ3) is 5.42. The monoisotopic (exact) mass is 266 g/mol. The predicted molar refractivity (Wildman–Crippen MR) is 69.4 cm³/mol. The summed E-state index contributed by atoms with van der Waals surface area (Å²) in [6, 6.07) is 4.70. The van der Waals surface area contributed by atoms with Crippen LogP contribution in [0.15, 0.2) is 18.2 Å². The van der Waals surface area contributed by atoms with Gasteiger partial charge in [0.25, 0.3) is 0 Å². The highest BCUT2D eigenvalue weighted by atomic mass is 16.6. The molecule has 0 fully saturated rings. The zero-order chi connectivity index (χ0) is 14.6. The van der Waals surface area contributed by atoms with Crippen LogP contribution in [-0.2, 0) is 9.59 Å². The lowest BCUT2D eigenvalue weighted by atomic mass is 10.2. The van der Waals surface area contributed by atoms with Gasteiger partial charge in [0.1, 0.15) is 11.4 Å². The van der Waals surface area contributed by atoms with Crippen LogP contribution >= 0.6 is 0 Å². The number of hydrogen-bond donors (Lipinski definition) is 0. The summed E-state index contributed by atoms with van der Waals surface area (Å²) in [6.45, 7) is 8.25. The van der Waals surface area contributed by atoms with Crippen LogP contribution in [0.1, 0.15) is 34.6 Å². The second-order valence-corrected chi connectivity index (χ2v) is 5.01. The van der Waals surface area contributed by atoms with Crippen LogP contribution < -0.4 is 14.2 Å². The molecule has 1 aromatic carbocycles. The summed E-state index contributed by atoms with van der Waals surface area (Å²) in [4.78, 5) is 22.0. The van der Waals surface area contributed by atoms with Crippen LogP contribution in [0, 0.1) is 0 Å². The third-order valence-corrected chi connectivity index (χ3v) is 1.85. The molecule has 1 rings (SSSR count). The smallest absolute Gasteiger partial charge is 0.308 e. The first-order chi connectivity index (χ1) is 8.67. The first-order valence-corrected chi connectivity index (χ1v) is 5.87. The lowest BCUT2D eigenvalue weighted by Gasteiger charge is -2.22. The van der Waals surface area contributed by atoms with Gasteiger partial charge in [-0.2, -0.15) is 0 Å². The largest absolute Gasteiger partial charge is 0.488 e. The second-order valence-electron chi connectivity index (χ2n) is 5.01. The van der Waals surface area contributed by atoms with Gasteiger partial charge in [0.2, 0.25) is 0 Å². The van der Waals surface area contributed by atoms with Crippen molar-refractivity contribution >= 4 is 11.9 Å². The predicted octanol–water partition coefficient (Wildman–Crippen LogP) is 2.71. The summed E-state index contributed by atoms with van der Waals surface area (Å²) in [5.74, 6) is -0.118. The van der Waals surface area contributed by atoms with E-state index in [-0.39, 0.29) is 17.1 Å². The highest BCUT2D eigenvalue weighted by Crippen LogP contribution is 2.33. The summed E-state index contributed by atoms with van der Waals surface area (Å²) in [6.07, 6.45) is 0. The highest BCUT2D eigenvalue weighted by Gasteiger charge is 2.16. The highest BCUT2D eigenvalue weighted by molar-refractivity contribution is 5.73. The maximum atomic E-state index is 11.0. The molecule has 5 heteroatoms. The van der Waals surface area contributed by atoms with Crippen LogP contribution in [0.25, 0.3) is 0 Å². The molecular weight excluding hydrogens is 248 g/mol. The Labute approximate surface area is 112 Å². The average molecular weight is 266 g/mol. The molecule has 0 amide bonds. The summed E-state index contributed by atoms with van der Waals surface area (Å²) in [5, 5.41) is 0. The minimum atomic E-state index is -0.499. The normalized spacial score (nSPS) is 10.8. The summed E-state index contributed by atoms with van der Waals surface area (Å²) >= 11 is 0. The molecule has 1 aromatic rings. The van der Waals surface area contributed by atoms with E-state index in [1.807, 2.05) is 20.8 Å². The molecule has 0 aliphatic carbocycles. The van der Waals surface area contributed by atoms with Crippen molar-refractivity contribution in [1.82, 2.24) is 0 Å². The molecule has 0 atom stereocenters. The molecule has 0 N–H and O–H groups in total. The van der Waals surface area contributed by atoms with E-state index in [1.165, 1.54) is 26.0 Å². The molecule has 0 bridgehead atoms. The van der Waals surface area contributed by atoms with Crippen LogP contribution in [0.2, 0.25) is 0 Å². The standard InChI is InChI=1S/C14H18O5/c1-9(15)17-12-7-6-11(19-14(3,4)5)8-13(12)18-10(2)16/h6-8H,1-5H3. The van der Waals surface area contributed by atoms with Crippen molar-refractivity contribution in [3.8, 4) is 17.2 Å². The molecular formula is C14H18O5. The summed E-state index contributed by atoms with van der Waals surface area (Å²) in [5.41, 5.74) is -0.379. The Hall–Kier alpha value is -2.04. The van der Waals surface area contributed by atoms with Gasteiger partial charge in [-0.15, -0.1) is 0 Å². The summed E-state index contributed by atoms with van der Waals surface area (Å²) < 4.78 is 15.6. The van der Waals surface area contributed by atoms with Crippen molar-refractivity contribution in [2.24, 2.45) is 0 Å². The molecule has 0 unspecified atom stereocenters. The van der Waals surface area contributed by atoms with Gasteiger partial charge in [-0.1, -0.05) is 0 Å². The number of hydrogen-bond acceptors (Lipinski definition) is 5. The average Bonchev–Trinajstić information content (AvgIpc) is 2.18. The fourth-order valence-electron chi connectivity index (χ4n) is 1.38. The Bertz CT molecular complexity index is 485. The number of esters is 2. The molecule has 0 saturated carbocycles. The maximum absolute atomic E-state index is 11.0. The van der Waals surface area contributed by atoms with Crippen molar-refractivity contribution in [2.45, 2.75) is 40.2 Å². The number of ether oxygens (including phenoxy) is 3. The second kappa shape index (κ2) is 5.73. The molecule has 0 saturated heterocycles. The minimum absolute atomic E-state index is 0.157. The van der Waals surface area contributed by atoms with Crippen molar-refractivity contribution in [3.05, 3.63) is 18.2 Å². The fraction of sp³-hybridized carbons (Fsp3) is 0.429. The van der Waals surface area contributed by atoms with Gasteiger partial charge < -0.3 is 14.2 Å². The molecule has 104 valence electrons. The van der Waals surface area contributed by atoms with Gasteiger partial charge in [-0.25, -0.2) is 0 Å². The molecule has 0 aliphatic heterocycles. The van der Waals surface area contributed by atoms with Gasteiger partial charge in [-0.05, 0) is 32.9 Å². The Balaban J connectivity index is 3.07. The summed E-state index contributed by atoms with van der Waals surface area (Å²) in [7, 11) is 0. The lowest BCUT2D eigenvalue weighted by molar-refractivity contribution is -0.134. The van der Waals surface area contributed by atoms with Crippen LogP contribution in [0.3, 0.4) is 0 Å². The first kappa shape index (κ1) is 15.0. The number of carbonyl (C=O) groups excluding carboxylic acids is 2. The molecule has 19 heavy (non-hydrogen) atoms. The SMILES string of the molecule is CC(=O)Oc1ccc(OC(C)(C)C)cc1OC(C)=O. The van der Waals surface area contributed by atoms with E-state index in [1.54, 1.807) is 6.07 Å². The number of benzene rings is 1. The van der Waals surface area contributed by atoms with Gasteiger partial charge in [-0.3, -0.25) is 9.59 Å². The molecule has 0 heterocycles. The zero-order valence-electron chi connectivity index (χ0n) is 11.8. The molecule has 0 aliphatic rings. The lowest BCUT2D eigenvalue weighted by Crippen LogP contribution is -2.23. The third-order valence-electron chi connectivity index (χ3n) is 1.85. The van der Waals surface area contributed by atoms with E-state index in [2.05, 4.69) is 0 Å². The fourth-order valence-corrected chi connectivity index (χ4v) is 1.38. The topological polar surface area (TPSA) is 61.8 Å². The van der Waals surface area contributed by atoms with Crippen LogP contribution in [-0.4, -0.2) is 17.5 Å². The molecule has 0 spiro atoms. The minimum Gasteiger partial charge on any atom is -0.488 e. The van der Waals surface area contributed by atoms with Crippen molar-refractivity contribution in [3.63, 3.8) is 0 Å². The Morgan fingerprint density at radius 3 is 1.95 bits per heavy atom. The van der Waals surface area contributed by atoms with Gasteiger partial charge in [0, 0.05) is 19.9 Å². The van der Waals surface area contributed by atoms with E-state index in [0.29, 0.717) is 5.75 Å². The first-order valence-electron chi connectivity index (χ1n) is 5.87. The van der Waals surface area contributed by atoms with Crippen molar-refractivity contribution < 1.29 is 23.8 Å². The number of carbonyl (C=O) groups is 2. The van der Waals surface area contributed by atoms with E-state index in [9.17, 15) is 9.59 Å². The van der Waals surface area contributed by atoms with E-state index in [0.717, 1.165) is 0 Å². The van der Waals surface area contributed by atoms with Gasteiger partial charge >= 0.3 is 11.9 Å². The molecule has 0 aromatic heterocycles. The Morgan fingerprint density at radius 1 is 0.947 bits per heavy atom. The molecule has 0 radical (unpaired) electrons. The van der Waals surface area contributed by atoms with E-state index < -0.39 is 11.9 Å². The quantitative estimate of drug-likeness (QED) is 0.621.